The standard InChI is InChI=1S/C21H21NO3S2/c1-24-13-5-12-22-20(23)19(27-21(22)26)14-16-8-10-18(11-9-16)25-15-17-6-3-2-4-7-17/h2-4,6-11,14H,5,12-13,15H2,1H3/b19-14+. The summed E-state index contributed by atoms with van der Waals surface area (Å²) in [6.07, 6.45) is 2.64. The maximum Gasteiger partial charge on any atom is 0.266 e. The number of ether oxygens (including phenoxy) is 2. The van der Waals surface area contributed by atoms with Gasteiger partial charge in [0.15, 0.2) is 0 Å². The molecule has 0 aromatic heterocycles. The largest absolute Gasteiger partial charge is 0.489 e. The van der Waals surface area contributed by atoms with E-state index in [0.29, 0.717) is 29.0 Å². The van der Waals surface area contributed by atoms with Crippen molar-refractivity contribution in [2.75, 3.05) is 20.3 Å². The monoisotopic (exact) mass is 399 g/mol. The first kappa shape index (κ1) is 19.6. The smallest absolute Gasteiger partial charge is 0.266 e. The number of benzene rings is 2. The van der Waals surface area contributed by atoms with E-state index in [1.165, 1.54) is 11.8 Å². The van der Waals surface area contributed by atoms with E-state index in [4.69, 9.17) is 21.7 Å². The van der Waals surface area contributed by atoms with E-state index in [1.54, 1.807) is 12.0 Å². The lowest BCUT2D eigenvalue weighted by atomic mass is 10.2. The van der Waals surface area contributed by atoms with Gasteiger partial charge in [-0.15, -0.1) is 0 Å². The summed E-state index contributed by atoms with van der Waals surface area (Å²) >= 11 is 6.67. The molecule has 1 fully saturated rings. The highest BCUT2D eigenvalue weighted by Crippen LogP contribution is 2.32. The lowest BCUT2D eigenvalue weighted by Gasteiger charge is -2.13. The van der Waals surface area contributed by atoms with Gasteiger partial charge in [0, 0.05) is 20.3 Å². The average Bonchev–Trinajstić information content (AvgIpc) is 2.96. The van der Waals surface area contributed by atoms with Crippen LogP contribution < -0.4 is 4.74 Å². The van der Waals surface area contributed by atoms with E-state index in [0.717, 1.165) is 23.3 Å². The number of thiocarbonyl (C=S) groups is 1. The highest BCUT2D eigenvalue weighted by molar-refractivity contribution is 8.26. The van der Waals surface area contributed by atoms with Crippen LogP contribution in [0.2, 0.25) is 0 Å². The zero-order chi connectivity index (χ0) is 19.1. The fourth-order valence-electron chi connectivity index (χ4n) is 2.61. The molecule has 0 aliphatic carbocycles. The molecule has 2 aromatic carbocycles. The summed E-state index contributed by atoms with van der Waals surface area (Å²) in [7, 11) is 1.65. The topological polar surface area (TPSA) is 38.8 Å². The zero-order valence-electron chi connectivity index (χ0n) is 15.1. The fraction of sp³-hybridized carbons (Fsp3) is 0.238. The Morgan fingerprint density at radius 2 is 1.85 bits per heavy atom. The number of rotatable bonds is 8. The van der Waals surface area contributed by atoms with Gasteiger partial charge >= 0.3 is 0 Å². The molecule has 4 nitrogen and oxygen atoms in total. The molecule has 1 aliphatic heterocycles. The first-order valence-electron chi connectivity index (χ1n) is 8.68. The predicted octanol–water partition coefficient (Wildman–Crippen LogP) is 4.50. The van der Waals surface area contributed by atoms with Crippen LogP contribution in [0.4, 0.5) is 0 Å². The van der Waals surface area contributed by atoms with E-state index < -0.39 is 0 Å². The van der Waals surface area contributed by atoms with Crippen molar-refractivity contribution in [3.05, 3.63) is 70.6 Å². The Balaban J connectivity index is 1.60. The summed E-state index contributed by atoms with van der Waals surface area (Å²) in [4.78, 5) is 14.8. The van der Waals surface area contributed by atoms with E-state index in [-0.39, 0.29) is 5.91 Å². The molecule has 1 saturated heterocycles. The summed E-state index contributed by atoms with van der Waals surface area (Å²) in [6, 6.07) is 17.7. The Bertz CT molecular complexity index is 819. The van der Waals surface area contributed by atoms with Gasteiger partial charge in [-0.1, -0.05) is 66.4 Å². The van der Waals surface area contributed by atoms with Crippen molar-refractivity contribution in [3.8, 4) is 5.75 Å². The van der Waals surface area contributed by atoms with E-state index in [1.807, 2.05) is 60.7 Å². The molecule has 1 amide bonds. The molecule has 27 heavy (non-hydrogen) atoms. The fourth-order valence-corrected chi connectivity index (χ4v) is 3.92. The molecule has 0 N–H and O–H groups in total. The predicted molar refractivity (Wildman–Crippen MR) is 114 cm³/mol. The minimum absolute atomic E-state index is 0.0366. The average molecular weight is 400 g/mol. The van der Waals surface area contributed by atoms with Crippen molar-refractivity contribution in [1.29, 1.82) is 0 Å². The number of carbonyl (C=O) groups excluding carboxylic acids is 1. The minimum atomic E-state index is -0.0366. The van der Waals surface area contributed by atoms with Gasteiger partial charge in [0.25, 0.3) is 5.91 Å². The molecular weight excluding hydrogens is 378 g/mol. The zero-order valence-corrected chi connectivity index (χ0v) is 16.7. The molecule has 0 spiro atoms. The number of thioether (sulfide) groups is 1. The van der Waals surface area contributed by atoms with Crippen LogP contribution in [0.15, 0.2) is 59.5 Å². The normalized spacial score (nSPS) is 15.6. The van der Waals surface area contributed by atoms with Crippen molar-refractivity contribution in [2.45, 2.75) is 13.0 Å². The van der Waals surface area contributed by atoms with E-state index >= 15 is 0 Å². The lowest BCUT2D eigenvalue weighted by molar-refractivity contribution is -0.122. The number of hydrogen-bond donors (Lipinski definition) is 0. The molecule has 0 saturated carbocycles. The molecule has 2 aromatic rings. The Labute approximate surface area is 169 Å². The Morgan fingerprint density at radius 1 is 1.11 bits per heavy atom. The second kappa shape index (κ2) is 9.69. The number of nitrogens with zero attached hydrogens (tertiary/aromatic N) is 1. The van der Waals surface area contributed by atoms with Gasteiger partial charge in [0.1, 0.15) is 16.7 Å². The Morgan fingerprint density at radius 3 is 2.56 bits per heavy atom. The van der Waals surface area contributed by atoms with Crippen LogP contribution in [0.5, 0.6) is 5.75 Å². The molecule has 0 radical (unpaired) electrons. The van der Waals surface area contributed by atoms with Crippen molar-refractivity contribution in [2.24, 2.45) is 0 Å². The lowest BCUT2D eigenvalue weighted by Crippen LogP contribution is -2.29. The number of hydrogen-bond acceptors (Lipinski definition) is 5. The van der Waals surface area contributed by atoms with Crippen molar-refractivity contribution in [3.63, 3.8) is 0 Å². The second-order valence-electron chi connectivity index (χ2n) is 6.02. The minimum Gasteiger partial charge on any atom is -0.489 e. The van der Waals surface area contributed by atoms with Crippen LogP contribution >= 0.6 is 24.0 Å². The van der Waals surface area contributed by atoms with Crippen molar-refractivity contribution in [1.82, 2.24) is 4.90 Å². The number of carbonyl (C=O) groups is 1. The van der Waals surface area contributed by atoms with Gasteiger partial charge in [-0.25, -0.2) is 0 Å². The van der Waals surface area contributed by atoms with Gasteiger partial charge in [-0.2, -0.15) is 0 Å². The van der Waals surface area contributed by atoms with Gasteiger partial charge in [-0.05, 0) is 35.8 Å². The van der Waals surface area contributed by atoms with Gasteiger partial charge in [0.05, 0.1) is 4.91 Å². The van der Waals surface area contributed by atoms with Crippen LogP contribution in [0.25, 0.3) is 6.08 Å². The summed E-state index contributed by atoms with van der Waals surface area (Å²) in [6.45, 7) is 1.73. The molecule has 140 valence electrons. The van der Waals surface area contributed by atoms with Crippen LogP contribution in [0.3, 0.4) is 0 Å². The highest BCUT2D eigenvalue weighted by Gasteiger charge is 2.31. The van der Waals surface area contributed by atoms with Gasteiger partial charge < -0.3 is 9.47 Å². The van der Waals surface area contributed by atoms with Crippen LogP contribution in [0, 0.1) is 0 Å². The Hall–Kier alpha value is -2.15. The summed E-state index contributed by atoms with van der Waals surface area (Å²) in [5.41, 5.74) is 2.07. The maximum absolute atomic E-state index is 12.5. The maximum atomic E-state index is 12.5. The molecule has 3 rings (SSSR count). The quantitative estimate of drug-likeness (QED) is 0.371. The van der Waals surface area contributed by atoms with Crippen molar-refractivity contribution >= 4 is 40.3 Å². The summed E-state index contributed by atoms with van der Waals surface area (Å²) in [5.74, 6) is 0.758. The summed E-state index contributed by atoms with van der Waals surface area (Å²) < 4.78 is 11.4. The van der Waals surface area contributed by atoms with Gasteiger partial charge in [-0.3, -0.25) is 9.69 Å². The number of methoxy groups -OCH3 is 1. The summed E-state index contributed by atoms with van der Waals surface area (Å²) in [5, 5.41) is 0. The third kappa shape index (κ3) is 5.42. The van der Waals surface area contributed by atoms with Crippen LogP contribution in [-0.2, 0) is 16.1 Å². The SMILES string of the molecule is COCCCN1C(=O)/C(=C\c2ccc(OCc3ccccc3)cc2)SC1=S. The molecule has 6 heteroatoms. The molecule has 0 bridgehead atoms. The molecule has 0 atom stereocenters. The third-order valence-corrected chi connectivity index (χ3v) is 5.41. The molecular formula is C21H21NO3S2. The van der Waals surface area contributed by atoms with Crippen LogP contribution in [-0.4, -0.2) is 35.4 Å². The Kier molecular flexibility index (Phi) is 7.04. The first-order chi connectivity index (χ1) is 13.2. The van der Waals surface area contributed by atoms with E-state index in [9.17, 15) is 4.79 Å². The molecule has 0 unspecified atom stereocenters. The third-order valence-electron chi connectivity index (χ3n) is 4.03. The first-order valence-corrected chi connectivity index (χ1v) is 9.91. The van der Waals surface area contributed by atoms with Crippen LogP contribution in [0.1, 0.15) is 17.5 Å². The second-order valence-corrected chi connectivity index (χ2v) is 7.70. The van der Waals surface area contributed by atoms with E-state index in [2.05, 4.69) is 0 Å². The highest BCUT2D eigenvalue weighted by atomic mass is 32.2. The number of amides is 1. The molecule has 1 aliphatic rings. The molecule has 1 heterocycles. The van der Waals surface area contributed by atoms with Gasteiger partial charge in [0.2, 0.25) is 0 Å². The van der Waals surface area contributed by atoms with Crippen molar-refractivity contribution < 1.29 is 14.3 Å².